The lowest BCUT2D eigenvalue weighted by Gasteiger charge is -2.30. The first-order chi connectivity index (χ1) is 7.47. The predicted octanol–water partition coefficient (Wildman–Crippen LogP) is 3.09. The van der Waals surface area contributed by atoms with Crippen molar-refractivity contribution >= 4 is 0 Å². The summed E-state index contributed by atoms with van der Waals surface area (Å²) in [7, 11) is 0. The molecule has 1 unspecified atom stereocenters. The molecule has 84 valence electrons. The Morgan fingerprint density at radius 3 is 2.75 bits per heavy atom. The molecule has 16 heavy (non-hydrogen) atoms. The van der Waals surface area contributed by atoms with Crippen LogP contribution in [0.15, 0.2) is 0 Å². The van der Waals surface area contributed by atoms with E-state index in [4.69, 9.17) is 5.26 Å². The van der Waals surface area contributed by atoms with Gasteiger partial charge in [-0.2, -0.15) is 5.26 Å². The minimum Gasteiger partial charge on any atom is -0.256 e. The second-order valence-electron chi connectivity index (χ2n) is 4.68. The van der Waals surface area contributed by atoms with Crippen molar-refractivity contribution in [1.29, 1.82) is 5.26 Å². The Kier molecular flexibility index (Phi) is 2.46. The van der Waals surface area contributed by atoms with Crippen molar-refractivity contribution in [1.82, 2.24) is 4.98 Å². The number of nitrogens with zero attached hydrogens (tertiary/aromatic N) is 2. The summed E-state index contributed by atoms with van der Waals surface area (Å²) in [6.07, 6.45) is 2.18. The number of hydrogen-bond donors (Lipinski definition) is 0. The fourth-order valence-corrected chi connectivity index (χ4v) is 2.68. The maximum Gasteiger partial charge on any atom is 0.135 e. The first-order valence-corrected chi connectivity index (χ1v) is 5.57. The minimum absolute atomic E-state index is 0.524. The summed E-state index contributed by atoms with van der Waals surface area (Å²) in [6.45, 7) is 5.24. The zero-order valence-electron chi connectivity index (χ0n) is 9.89. The van der Waals surface area contributed by atoms with Crippen molar-refractivity contribution in [3.63, 3.8) is 0 Å². The zero-order valence-corrected chi connectivity index (χ0v) is 9.89. The highest BCUT2D eigenvalue weighted by Gasteiger charge is 2.35. The Morgan fingerprint density at radius 2 is 2.12 bits per heavy atom. The van der Waals surface area contributed by atoms with Crippen LogP contribution in [0.5, 0.6) is 0 Å². The molecular formula is C13H15FN2. The molecule has 1 heterocycles. The van der Waals surface area contributed by atoms with Gasteiger partial charge >= 0.3 is 0 Å². The second-order valence-corrected chi connectivity index (χ2v) is 4.68. The van der Waals surface area contributed by atoms with Gasteiger partial charge in [-0.3, -0.25) is 4.98 Å². The molecule has 0 spiro atoms. The van der Waals surface area contributed by atoms with Gasteiger partial charge in [-0.05, 0) is 45.6 Å². The molecule has 1 aliphatic rings. The largest absolute Gasteiger partial charge is 0.256 e. The third-order valence-corrected chi connectivity index (χ3v) is 3.40. The van der Waals surface area contributed by atoms with Crippen LogP contribution in [0.3, 0.4) is 0 Å². The van der Waals surface area contributed by atoms with E-state index in [1.165, 1.54) is 0 Å². The molecule has 1 atom stereocenters. The Balaban J connectivity index is 2.75. The molecule has 2 rings (SSSR count). The zero-order chi connectivity index (χ0) is 11.9. The quantitative estimate of drug-likeness (QED) is 0.671. The average molecular weight is 218 g/mol. The molecule has 1 aromatic heterocycles. The first-order valence-electron chi connectivity index (χ1n) is 5.57. The summed E-state index contributed by atoms with van der Waals surface area (Å²) in [6, 6.07) is 2.12. The fourth-order valence-electron chi connectivity index (χ4n) is 2.68. The molecule has 3 heteroatoms. The van der Waals surface area contributed by atoms with Crippen molar-refractivity contribution in [2.24, 2.45) is 0 Å². The normalized spacial score (nSPS) is 23.7. The van der Waals surface area contributed by atoms with Crippen LogP contribution in [0.1, 0.15) is 47.8 Å². The van der Waals surface area contributed by atoms with Crippen molar-refractivity contribution in [2.45, 2.75) is 45.7 Å². The number of rotatable bonds is 0. The van der Waals surface area contributed by atoms with Gasteiger partial charge in [0, 0.05) is 11.3 Å². The van der Waals surface area contributed by atoms with E-state index in [1.54, 1.807) is 6.92 Å². The monoisotopic (exact) mass is 218 g/mol. The SMILES string of the molecule is Cc1nc2c(c(C)c1C#N)C(C)(F)CCC2. The van der Waals surface area contributed by atoms with Gasteiger partial charge in [0.25, 0.3) is 0 Å². The summed E-state index contributed by atoms with van der Waals surface area (Å²) in [4.78, 5) is 4.38. The molecule has 1 aromatic rings. The molecule has 2 nitrogen and oxygen atoms in total. The predicted molar refractivity (Wildman–Crippen MR) is 59.8 cm³/mol. The summed E-state index contributed by atoms with van der Waals surface area (Å²) in [5.74, 6) is 0. The highest BCUT2D eigenvalue weighted by Crippen LogP contribution is 2.40. The van der Waals surface area contributed by atoms with Crippen LogP contribution in [0.2, 0.25) is 0 Å². The summed E-state index contributed by atoms with van der Waals surface area (Å²) >= 11 is 0. The van der Waals surface area contributed by atoms with Gasteiger partial charge < -0.3 is 0 Å². The second kappa shape index (κ2) is 3.55. The third-order valence-electron chi connectivity index (χ3n) is 3.40. The molecule has 0 saturated carbocycles. The topological polar surface area (TPSA) is 36.7 Å². The van der Waals surface area contributed by atoms with Crippen LogP contribution in [0.4, 0.5) is 4.39 Å². The number of alkyl halides is 1. The van der Waals surface area contributed by atoms with Crippen LogP contribution >= 0.6 is 0 Å². The maximum absolute atomic E-state index is 14.4. The molecule has 0 saturated heterocycles. The van der Waals surface area contributed by atoms with Crippen LogP contribution in [-0.2, 0) is 12.1 Å². The van der Waals surface area contributed by atoms with E-state index in [2.05, 4.69) is 11.1 Å². The summed E-state index contributed by atoms with van der Waals surface area (Å²) in [5.41, 5.74) is 2.19. The summed E-state index contributed by atoms with van der Waals surface area (Å²) in [5, 5.41) is 9.06. The van der Waals surface area contributed by atoms with Gasteiger partial charge in [0.1, 0.15) is 11.7 Å². The van der Waals surface area contributed by atoms with Crippen LogP contribution in [0, 0.1) is 25.2 Å². The number of hydrogen-bond acceptors (Lipinski definition) is 2. The number of halogens is 1. The van der Waals surface area contributed by atoms with Gasteiger partial charge in [0.05, 0.1) is 11.3 Å². The molecule has 0 fully saturated rings. The highest BCUT2D eigenvalue weighted by atomic mass is 19.1. The Bertz CT molecular complexity index is 484. The average Bonchev–Trinajstić information content (AvgIpc) is 2.16. The number of pyridine rings is 1. The number of aromatic nitrogens is 1. The van der Waals surface area contributed by atoms with E-state index in [9.17, 15) is 4.39 Å². The Labute approximate surface area is 95.1 Å². The van der Waals surface area contributed by atoms with Crippen molar-refractivity contribution < 1.29 is 4.39 Å². The minimum atomic E-state index is -1.33. The van der Waals surface area contributed by atoms with Gasteiger partial charge in [0.15, 0.2) is 0 Å². The molecule has 0 aromatic carbocycles. The molecule has 0 bridgehead atoms. The molecule has 0 amide bonds. The maximum atomic E-state index is 14.4. The van der Waals surface area contributed by atoms with Crippen molar-refractivity contribution in [2.75, 3.05) is 0 Å². The Hall–Kier alpha value is -1.43. The van der Waals surface area contributed by atoms with E-state index in [-0.39, 0.29) is 0 Å². The molecular weight excluding hydrogens is 203 g/mol. The van der Waals surface area contributed by atoms with E-state index < -0.39 is 5.67 Å². The van der Waals surface area contributed by atoms with E-state index in [1.807, 2.05) is 13.8 Å². The van der Waals surface area contributed by atoms with Crippen LogP contribution < -0.4 is 0 Å². The van der Waals surface area contributed by atoms with Gasteiger partial charge in [-0.1, -0.05) is 0 Å². The Morgan fingerprint density at radius 1 is 1.44 bits per heavy atom. The molecule has 1 aliphatic carbocycles. The van der Waals surface area contributed by atoms with E-state index >= 15 is 0 Å². The molecule has 0 N–H and O–H groups in total. The standard InChI is InChI=1S/C13H15FN2/c1-8-10(7-15)9(2)16-11-5-4-6-13(3,14)12(8)11/h4-6H2,1-3H3. The number of fused-ring (bicyclic) bond motifs is 1. The lowest BCUT2D eigenvalue weighted by atomic mass is 9.80. The fraction of sp³-hybridized carbons (Fsp3) is 0.538. The van der Waals surface area contributed by atoms with E-state index in [0.717, 1.165) is 29.8 Å². The highest BCUT2D eigenvalue weighted by molar-refractivity contribution is 5.49. The lowest BCUT2D eigenvalue weighted by molar-refractivity contribution is 0.159. The van der Waals surface area contributed by atoms with Gasteiger partial charge in [-0.15, -0.1) is 0 Å². The lowest BCUT2D eigenvalue weighted by Crippen LogP contribution is -2.26. The molecule has 0 radical (unpaired) electrons. The van der Waals surface area contributed by atoms with Gasteiger partial charge in [0.2, 0.25) is 0 Å². The van der Waals surface area contributed by atoms with Crippen LogP contribution in [-0.4, -0.2) is 4.98 Å². The summed E-state index contributed by atoms with van der Waals surface area (Å²) < 4.78 is 14.4. The van der Waals surface area contributed by atoms with E-state index in [0.29, 0.717) is 17.5 Å². The van der Waals surface area contributed by atoms with Crippen LogP contribution in [0.25, 0.3) is 0 Å². The first kappa shape index (κ1) is 11.1. The van der Waals surface area contributed by atoms with Gasteiger partial charge in [-0.25, -0.2) is 4.39 Å². The van der Waals surface area contributed by atoms with Crippen molar-refractivity contribution in [3.8, 4) is 6.07 Å². The van der Waals surface area contributed by atoms with Crippen molar-refractivity contribution in [3.05, 3.63) is 28.1 Å². The number of nitriles is 1. The molecule has 0 aliphatic heterocycles. The number of aryl methyl sites for hydroxylation is 2. The third kappa shape index (κ3) is 1.49. The smallest absolute Gasteiger partial charge is 0.135 e.